The third-order valence-corrected chi connectivity index (χ3v) is 3.49. The van der Waals surface area contributed by atoms with Crippen LogP contribution in [0.5, 0.6) is 0 Å². The molecule has 16 heavy (non-hydrogen) atoms. The second-order valence-electron chi connectivity index (χ2n) is 6.18. The minimum Gasteiger partial charge on any atom is -0.390 e. The summed E-state index contributed by atoms with van der Waals surface area (Å²) in [5, 5.41) is 10.3. The zero-order chi connectivity index (χ0) is 12.2. The number of hydrogen-bond acceptors (Lipinski definition) is 1. The second kappa shape index (κ2) is 5.18. The second-order valence-corrected chi connectivity index (χ2v) is 6.18. The Balaban J connectivity index is 2.77. The van der Waals surface area contributed by atoms with Gasteiger partial charge in [-0.3, -0.25) is 0 Å². The summed E-state index contributed by atoms with van der Waals surface area (Å²) in [5.74, 6) is 0. The molecule has 0 spiro atoms. The van der Waals surface area contributed by atoms with Gasteiger partial charge in [0.1, 0.15) is 0 Å². The summed E-state index contributed by atoms with van der Waals surface area (Å²) in [6, 6.07) is 0. The van der Waals surface area contributed by atoms with Crippen molar-refractivity contribution in [3.8, 4) is 0 Å². The third kappa shape index (κ3) is 4.98. The van der Waals surface area contributed by atoms with Gasteiger partial charge in [-0.15, -0.1) is 0 Å². The average Bonchev–Trinajstić information content (AvgIpc) is 2.15. The molecule has 0 bridgehead atoms. The minimum atomic E-state index is -0.508. The summed E-state index contributed by atoms with van der Waals surface area (Å²) in [5.41, 5.74) is 1.10. The van der Waals surface area contributed by atoms with Gasteiger partial charge in [0.25, 0.3) is 0 Å². The van der Waals surface area contributed by atoms with Gasteiger partial charge in [-0.2, -0.15) is 0 Å². The van der Waals surface area contributed by atoms with E-state index in [1.165, 1.54) is 5.57 Å². The van der Waals surface area contributed by atoms with Gasteiger partial charge in [0.15, 0.2) is 0 Å². The van der Waals surface area contributed by atoms with E-state index in [4.69, 9.17) is 0 Å². The molecule has 1 heteroatoms. The van der Waals surface area contributed by atoms with E-state index in [2.05, 4.69) is 39.0 Å². The first-order valence-corrected chi connectivity index (χ1v) is 6.37. The quantitative estimate of drug-likeness (QED) is 0.608. The highest BCUT2D eigenvalue weighted by molar-refractivity contribution is 5.08. The molecule has 1 atom stereocenters. The fourth-order valence-corrected chi connectivity index (χ4v) is 2.08. The summed E-state index contributed by atoms with van der Waals surface area (Å²) in [7, 11) is 0. The van der Waals surface area contributed by atoms with E-state index < -0.39 is 5.60 Å². The Bertz CT molecular complexity index is 282. The van der Waals surface area contributed by atoms with Crippen LogP contribution in [0.4, 0.5) is 0 Å². The van der Waals surface area contributed by atoms with Crippen LogP contribution in [-0.4, -0.2) is 10.7 Å². The van der Waals surface area contributed by atoms with Crippen molar-refractivity contribution in [2.75, 3.05) is 0 Å². The summed E-state index contributed by atoms with van der Waals surface area (Å²) >= 11 is 0. The normalized spacial score (nSPS) is 36.9. The Morgan fingerprint density at radius 1 is 1.12 bits per heavy atom. The van der Waals surface area contributed by atoms with Crippen LogP contribution in [0.1, 0.15) is 59.8 Å². The highest BCUT2D eigenvalue weighted by Gasteiger charge is 2.24. The minimum absolute atomic E-state index is 0.203. The van der Waals surface area contributed by atoms with E-state index in [-0.39, 0.29) is 5.41 Å². The molecule has 92 valence electrons. The van der Waals surface area contributed by atoms with Crippen molar-refractivity contribution in [2.45, 2.75) is 65.4 Å². The average molecular weight is 222 g/mol. The van der Waals surface area contributed by atoms with Gasteiger partial charge in [-0.25, -0.2) is 0 Å². The zero-order valence-electron chi connectivity index (χ0n) is 11.2. The topological polar surface area (TPSA) is 20.2 Å². The highest BCUT2D eigenvalue weighted by Crippen LogP contribution is 2.31. The first-order valence-electron chi connectivity index (χ1n) is 6.37. The molecule has 0 aromatic rings. The Labute approximate surface area is 100 Å². The van der Waals surface area contributed by atoms with Crippen LogP contribution in [-0.2, 0) is 0 Å². The molecule has 0 aliphatic heterocycles. The fraction of sp³-hybridized carbons (Fsp3) is 0.733. The van der Waals surface area contributed by atoms with E-state index in [9.17, 15) is 5.11 Å². The lowest BCUT2D eigenvalue weighted by atomic mass is 9.82. The van der Waals surface area contributed by atoms with E-state index in [1.807, 2.05) is 6.92 Å². The van der Waals surface area contributed by atoms with Crippen LogP contribution < -0.4 is 0 Å². The van der Waals surface area contributed by atoms with Crippen LogP contribution in [0.3, 0.4) is 0 Å². The molecule has 1 aliphatic rings. The lowest BCUT2D eigenvalue weighted by Gasteiger charge is -2.28. The lowest BCUT2D eigenvalue weighted by Crippen LogP contribution is -2.26. The predicted octanol–water partition coefficient (Wildman–Crippen LogP) is 4.23. The maximum atomic E-state index is 10.3. The number of allylic oxidation sites excluding steroid dienone is 4. The molecular weight excluding hydrogens is 196 g/mol. The van der Waals surface area contributed by atoms with Crippen LogP contribution in [0.25, 0.3) is 0 Å². The smallest absolute Gasteiger partial charge is 0.0623 e. The monoisotopic (exact) mass is 222 g/mol. The van der Waals surface area contributed by atoms with E-state index >= 15 is 0 Å². The van der Waals surface area contributed by atoms with E-state index in [0.717, 1.165) is 32.1 Å². The van der Waals surface area contributed by atoms with Crippen LogP contribution in [0, 0.1) is 5.41 Å². The standard InChI is InChI=1S/C15H26O/c1-13-7-5-9-14(2,3)11-12-15(4,16)10-6-8-13/h5,8-9,16H,6-7,10-12H2,1-4H3/b9-5+,13-8+. The van der Waals surface area contributed by atoms with Crippen molar-refractivity contribution in [1.82, 2.24) is 0 Å². The molecule has 1 N–H and O–H groups in total. The molecule has 0 radical (unpaired) electrons. The summed E-state index contributed by atoms with van der Waals surface area (Å²) < 4.78 is 0. The third-order valence-electron chi connectivity index (χ3n) is 3.49. The first-order chi connectivity index (χ1) is 7.31. The molecule has 1 nitrogen and oxygen atoms in total. The Morgan fingerprint density at radius 2 is 1.81 bits per heavy atom. The Hall–Kier alpha value is -0.560. The molecule has 0 amide bonds. The van der Waals surface area contributed by atoms with Crippen molar-refractivity contribution < 1.29 is 5.11 Å². The van der Waals surface area contributed by atoms with Gasteiger partial charge < -0.3 is 5.11 Å². The van der Waals surface area contributed by atoms with Crippen molar-refractivity contribution >= 4 is 0 Å². The van der Waals surface area contributed by atoms with Crippen molar-refractivity contribution in [3.63, 3.8) is 0 Å². The van der Waals surface area contributed by atoms with Crippen LogP contribution >= 0.6 is 0 Å². The van der Waals surface area contributed by atoms with Gasteiger partial charge in [-0.1, -0.05) is 37.6 Å². The van der Waals surface area contributed by atoms with Gasteiger partial charge in [0.05, 0.1) is 5.60 Å². The SMILES string of the molecule is C/C1=C\CCC(C)(O)CCC(C)(C)/C=C/C1. The Morgan fingerprint density at radius 3 is 2.50 bits per heavy atom. The van der Waals surface area contributed by atoms with Gasteiger partial charge in [0, 0.05) is 0 Å². The molecule has 1 rings (SSSR count). The van der Waals surface area contributed by atoms with Gasteiger partial charge in [-0.05, 0) is 51.4 Å². The first kappa shape index (κ1) is 13.5. The van der Waals surface area contributed by atoms with Crippen molar-refractivity contribution in [2.24, 2.45) is 5.41 Å². The largest absolute Gasteiger partial charge is 0.390 e. The molecule has 0 saturated carbocycles. The molecule has 0 aromatic carbocycles. The summed E-state index contributed by atoms with van der Waals surface area (Å²) in [4.78, 5) is 0. The molecule has 1 aliphatic carbocycles. The fourth-order valence-electron chi connectivity index (χ4n) is 2.08. The molecule has 0 heterocycles. The molecule has 0 fully saturated rings. The van der Waals surface area contributed by atoms with Gasteiger partial charge >= 0.3 is 0 Å². The van der Waals surface area contributed by atoms with E-state index in [1.54, 1.807) is 0 Å². The zero-order valence-corrected chi connectivity index (χ0v) is 11.2. The summed E-state index contributed by atoms with van der Waals surface area (Å²) in [6.45, 7) is 8.63. The number of aliphatic hydroxyl groups is 1. The number of hydrogen-bond donors (Lipinski definition) is 1. The maximum absolute atomic E-state index is 10.3. The predicted molar refractivity (Wildman–Crippen MR) is 70.4 cm³/mol. The van der Waals surface area contributed by atoms with Gasteiger partial charge in [0.2, 0.25) is 0 Å². The number of rotatable bonds is 0. The maximum Gasteiger partial charge on any atom is 0.0623 e. The van der Waals surface area contributed by atoms with E-state index in [0.29, 0.717) is 0 Å². The highest BCUT2D eigenvalue weighted by atomic mass is 16.3. The van der Waals surface area contributed by atoms with Crippen molar-refractivity contribution in [3.05, 3.63) is 23.8 Å². The summed E-state index contributed by atoms with van der Waals surface area (Å²) in [6.07, 6.45) is 11.7. The van der Waals surface area contributed by atoms with Crippen molar-refractivity contribution in [1.29, 1.82) is 0 Å². The Kier molecular flexibility index (Phi) is 4.37. The van der Waals surface area contributed by atoms with Crippen LogP contribution in [0.2, 0.25) is 0 Å². The van der Waals surface area contributed by atoms with Crippen LogP contribution in [0.15, 0.2) is 23.8 Å². The molecule has 0 saturated heterocycles. The molecule has 1 unspecified atom stereocenters. The molecule has 0 aromatic heterocycles. The lowest BCUT2D eigenvalue weighted by molar-refractivity contribution is 0.0339. The molecular formula is C15H26O.